The van der Waals surface area contributed by atoms with E-state index in [0.717, 1.165) is 50.1 Å². The lowest BCUT2D eigenvalue weighted by Gasteiger charge is -2.17. The zero-order chi connectivity index (χ0) is 34.4. The van der Waals surface area contributed by atoms with Crippen molar-refractivity contribution < 1.29 is 4.79 Å². The first-order valence-electron chi connectivity index (χ1n) is 16.7. The molecule has 242 valence electrons. The van der Waals surface area contributed by atoms with Crippen molar-refractivity contribution in [3.8, 4) is 67.5 Å². The van der Waals surface area contributed by atoms with Crippen LogP contribution in [-0.4, -0.2) is 25.8 Å². The monoisotopic (exact) mass is 657 g/mol. The standard InChI is InChI=1S/C45H31N5O/c51-45(36-26-28-46-29-27-36)47-41-25-24-37(30-40(41)39-19-11-10-18-38(39)32-12-4-1-5-13-32)31-20-22-35(23-21-31)44-49-42(33-14-6-2-7-15-33)48-43(50-44)34-16-8-3-9-17-34/h1-30H,(H,47,51). The zero-order valence-corrected chi connectivity index (χ0v) is 27.5. The predicted molar refractivity (Wildman–Crippen MR) is 205 cm³/mol. The Kier molecular flexibility index (Phi) is 8.70. The van der Waals surface area contributed by atoms with E-state index in [-0.39, 0.29) is 5.91 Å². The SMILES string of the molecule is O=C(Nc1ccc(-c2ccc(-c3nc(-c4ccccc4)nc(-c4ccccc4)n3)cc2)cc1-c1ccccc1-c1ccccc1)c1ccncc1. The van der Waals surface area contributed by atoms with Crippen LogP contribution in [0.5, 0.6) is 0 Å². The summed E-state index contributed by atoms with van der Waals surface area (Å²) in [6.45, 7) is 0. The Morgan fingerprint density at radius 1 is 0.392 bits per heavy atom. The molecule has 0 aliphatic carbocycles. The molecule has 0 unspecified atom stereocenters. The Hall–Kier alpha value is -7.05. The molecule has 0 atom stereocenters. The first-order chi connectivity index (χ1) is 25.2. The average molecular weight is 658 g/mol. The number of hydrogen-bond donors (Lipinski definition) is 1. The molecule has 0 saturated carbocycles. The van der Waals surface area contributed by atoms with Crippen LogP contribution in [0.1, 0.15) is 10.4 Å². The van der Waals surface area contributed by atoms with Gasteiger partial charge in [-0.05, 0) is 52.1 Å². The summed E-state index contributed by atoms with van der Waals surface area (Å²) in [6, 6.07) is 56.3. The van der Waals surface area contributed by atoms with E-state index in [1.807, 2.05) is 115 Å². The zero-order valence-electron chi connectivity index (χ0n) is 27.5. The third kappa shape index (κ3) is 6.80. The van der Waals surface area contributed by atoms with Gasteiger partial charge in [0.15, 0.2) is 17.5 Å². The highest BCUT2D eigenvalue weighted by Crippen LogP contribution is 2.39. The Morgan fingerprint density at radius 3 is 1.41 bits per heavy atom. The first kappa shape index (κ1) is 31.2. The summed E-state index contributed by atoms with van der Waals surface area (Å²) in [5, 5.41) is 3.16. The number of anilines is 1. The van der Waals surface area contributed by atoms with Gasteiger partial charge >= 0.3 is 0 Å². The number of nitrogens with zero attached hydrogens (tertiary/aromatic N) is 4. The minimum absolute atomic E-state index is 0.199. The number of hydrogen-bond acceptors (Lipinski definition) is 5. The van der Waals surface area contributed by atoms with E-state index in [9.17, 15) is 4.79 Å². The van der Waals surface area contributed by atoms with Crippen LogP contribution in [0.2, 0.25) is 0 Å². The smallest absolute Gasteiger partial charge is 0.255 e. The number of carbonyl (C=O) groups excluding carboxylic acids is 1. The van der Waals surface area contributed by atoms with Gasteiger partial charge < -0.3 is 5.32 Å². The molecule has 8 rings (SSSR count). The van der Waals surface area contributed by atoms with Crippen molar-refractivity contribution >= 4 is 11.6 Å². The molecule has 6 aromatic carbocycles. The third-order valence-electron chi connectivity index (χ3n) is 8.69. The van der Waals surface area contributed by atoms with Gasteiger partial charge in [0.25, 0.3) is 5.91 Å². The van der Waals surface area contributed by atoms with Gasteiger partial charge in [-0.3, -0.25) is 9.78 Å². The van der Waals surface area contributed by atoms with Gasteiger partial charge in [-0.15, -0.1) is 0 Å². The molecule has 0 radical (unpaired) electrons. The highest BCUT2D eigenvalue weighted by Gasteiger charge is 2.17. The minimum Gasteiger partial charge on any atom is -0.321 e. The largest absolute Gasteiger partial charge is 0.321 e. The predicted octanol–water partition coefficient (Wildman–Crippen LogP) is 10.5. The van der Waals surface area contributed by atoms with Crippen molar-refractivity contribution in [3.05, 3.63) is 188 Å². The Bertz CT molecular complexity index is 2380. The highest BCUT2D eigenvalue weighted by molar-refractivity contribution is 6.07. The Balaban J connectivity index is 1.19. The van der Waals surface area contributed by atoms with Crippen LogP contribution < -0.4 is 5.32 Å². The Morgan fingerprint density at radius 2 is 0.843 bits per heavy atom. The highest BCUT2D eigenvalue weighted by atomic mass is 16.1. The molecule has 0 spiro atoms. The molecule has 0 aliphatic rings. The van der Waals surface area contributed by atoms with E-state index < -0.39 is 0 Å². The number of nitrogens with one attached hydrogen (secondary N) is 1. The summed E-state index contributed by atoms with van der Waals surface area (Å²) in [7, 11) is 0. The van der Waals surface area contributed by atoms with Crippen LogP contribution in [0.3, 0.4) is 0 Å². The van der Waals surface area contributed by atoms with E-state index >= 15 is 0 Å². The van der Waals surface area contributed by atoms with Crippen LogP contribution in [0.25, 0.3) is 67.5 Å². The molecular formula is C45H31N5O. The fourth-order valence-electron chi connectivity index (χ4n) is 6.09. The molecule has 2 heterocycles. The molecular weight excluding hydrogens is 627 g/mol. The molecule has 0 bridgehead atoms. The van der Waals surface area contributed by atoms with Crippen LogP contribution in [0.15, 0.2) is 182 Å². The van der Waals surface area contributed by atoms with Crippen molar-refractivity contribution in [2.45, 2.75) is 0 Å². The van der Waals surface area contributed by atoms with Crippen LogP contribution in [-0.2, 0) is 0 Å². The summed E-state index contributed by atoms with van der Waals surface area (Å²) in [6.07, 6.45) is 3.24. The number of aromatic nitrogens is 4. The lowest BCUT2D eigenvalue weighted by molar-refractivity contribution is 0.102. The van der Waals surface area contributed by atoms with Crippen LogP contribution in [0.4, 0.5) is 5.69 Å². The maximum absolute atomic E-state index is 13.4. The van der Waals surface area contributed by atoms with Crippen molar-refractivity contribution in [1.82, 2.24) is 19.9 Å². The van der Waals surface area contributed by atoms with Crippen LogP contribution in [0, 0.1) is 0 Å². The fourth-order valence-corrected chi connectivity index (χ4v) is 6.09. The summed E-state index contributed by atoms with van der Waals surface area (Å²) < 4.78 is 0. The van der Waals surface area contributed by atoms with E-state index in [1.165, 1.54) is 0 Å². The van der Waals surface area contributed by atoms with Gasteiger partial charge in [0, 0.05) is 45.9 Å². The summed E-state index contributed by atoms with van der Waals surface area (Å²) in [5.74, 6) is 1.64. The van der Waals surface area contributed by atoms with Gasteiger partial charge in [-0.25, -0.2) is 15.0 Å². The topological polar surface area (TPSA) is 80.7 Å². The quantitative estimate of drug-likeness (QED) is 0.176. The van der Waals surface area contributed by atoms with Gasteiger partial charge in [0.05, 0.1) is 0 Å². The average Bonchev–Trinajstić information content (AvgIpc) is 3.22. The molecule has 8 aromatic rings. The number of carbonyl (C=O) groups is 1. The third-order valence-corrected chi connectivity index (χ3v) is 8.69. The lowest BCUT2D eigenvalue weighted by atomic mass is 9.91. The Labute approximate surface area is 296 Å². The number of rotatable bonds is 8. The molecule has 6 nitrogen and oxygen atoms in total. The minimum atomic E-state index is -0.199. The molecule has 0 saturated heterocycles. The van der Waals surface area contributed by atoms with Crippen molar-refractivity contribution in [3.63, 3.8) is 0 Å². The van der Waals surface area contributed by atoms with Crippen LogP contribution >= 0.6 is 0 Å². The maximum Gasteiger partial charge on any atom is 0.255 e. The molecule has 0 fully saturated rings. The molecule has 6 heteroatoms. The lowest BCUT2D eigenvalue weighted by Crippen LogP contribution is -2.12. The van der Waals surface area contributed by atoms with Crippen molar-refractivity contribution in [2.24, 2.45) is 0 Å². The summed E-state index contributed by atoms with van der Waals surface area (Å²) in [4.78, 5) is 32.0. The van der Waals surface area contributed by atoms with Gasteiger partial charge in [0.1, 0.15) is 0 Å². The molecule has 1 amide bonds. The maximum atomic E-state index is 13.4. The second-order valence-corrected chi connectivity index (χ2v) is 12.0. The number of benzene rings is 6. The van der Waals surface area contributed by atoms with E-state index in [4.69, 9.17) is 15.0 Å². The van der Waals surface area contributed by atoms with E-state index in [1.54, 1.807) is 24.5 Å². The number of amides is 1. The van der Waals surface area contributed by atoms with Crippen molar-refractivity contribution in [1.29, 1.82) is 0 Å². The molecule has 51 heavy (non-hydrogen) atoms. The van der Waals surface area contributed by atoms with E-state index in [0.29, 0.717) is 28.7 Å². The summed E-state index contributed by atoms with van der Waals surface area (Å²) >= 11 is 0. The van der Waals surface area contributed by atoms with Crippen molar-refractivity contribution in [2.75, 3.05) is 5.32 Å². The first-order valence-corrected chi connectivity index (χ1v) is 16.7. The van der Waals surface area contributed by atoms with E-state index in [2.05, 4.69) is 52.8 Å². The number of pyridine rings is 1. The second-order valence-electron chi connectivity index (χ2n) is 12.0. The molecule has 0 aliphatic heterocycles. The van der Waals surface area contributed by atoms with Gasteiger partial charge in [0.2, 0.25) is 0 Å². The van der Waals surface area contributed by atoms with Gasteiger partial charge in [-0.1, -0.05) is 146 Å². The summed E-state index contributed by atoms with van der Waals surface area (Å²) in [5.41, 5.74) is 10.1. The van der Waals surface area contributed by atoms with Gasteiger partial charge in [-0.2, -0.15) is 0 Å². The normalized spacial score (nSPS) is 10.8. The fraction of sp³-hybridized carbons (Fsp3) is 0. The molecule has 2 aromatic heterocycles. The molecule has 1 N–H and O–H groups in total. The second kappa shape index (κ2) is 14.2.